The highest BCUT2D eigenvalue weighted by Crippen LogP contribution is 2.26. The summed E-state index contributed by atoms with van der Waals surface area (Å²) in [4.78, 5) is 25.4. The average molecular weight is 414 g/mol. The lowest BCUT2D eigenvalue weighted by atomic mass is 10.1. The molecule has 1 saturated heterocycles. The molecule has 0 radical (unpaired) electrons. The molecule has 8 nitrogen and oxygen atoms in total. The van der Waals surface area contributed by atoms with E-state index in [0.29, 0.717) is 0 Å². The Hall–Kier alpha value is -2.87. The maximum atomic E-state index is 12.8. The number of nitrogens with zero attached hydrogens (tertiary/aromatic N) is 2. The predicted molar refractivity (Wildman–Crippen MR) is 117 cm³/mol. The van der Waals surface area contributed by atoms with Crippen LogP contribution in [0.4, 0.5) is 0 Å². The van der Waals surface area contributed by atoms with Crippen molar-refractivity contribution in [3.05, 3.63) is 35.5 Å². The van der Waals surface area contributed by atoms with E-state index >= 15 is 0 Å². The van der Waals surface area contributed by atoms with Gasteiger partial charge >= 0.3 is 5.97 Å². The second-order valence-electron chi connectivity index (χ2n) is 7.93. The number of carboxylic acid groups (broad SMARTS) is 1. The number of amides is 1. The summed E-state index contributed by atoms with van der Waals surface area (Å²) in [6.45, 7) is 5.15. The minimum absolute atomic E-state index is 0.0270. The molecular weight excluding hydrogens is 382 g/mol. The topological polar surface area (TPSA) is 124 Å². The predicted octanol–water partition coefficient (Wildman–Crippen LogP) is 1.93. The van der Waals surface area contributed by atoms with Gasteiger partial charge in [-0.25, -0.2) is 0 Å². The first-order valence-corrected chi connectivity index (χ1v) is 10.5. The molecule has 3 rings (SSSR count). The van der Waals surface area contributed by atoms with Crippen LogP contribution in [0, 0.1) is 5.41 Å². The van der Waals surface area contributed by atoms with Crippen LogP contribution < -0.4 is 11.1 Å². The minimum Gasteiger partial charge on any atom is -0.480 e. The molecule has 8 heteroatoms. The highest BCUT2D eigenvalue weighted by molar-refractivity contribution is 5.98. The number of amidine groups is 1. The van der Waals surface area contributed by atoms with Crippen LogP contribution in [0.2, 0.25) is 0 Å². The third kappa shape index (κ3) is 4.64. The molecule has 5 N–H and O–H groups in total. The monoisotopic (exact) mass is 413 g/mol. The Morgan fingerprint density at radius 1 is 1.37 bits per heavy atom. The number of aromatic nitrogens is 1. The third-order valence-corrected chi connectivity index (χ3v) is 5.94. The number of hydrogen-bond donors (Lipinski definition) is 4. The number of nitrogens with two attached hydrogens (primary N) is 1. The first-order chi connectivity index (χ1) is 14.3. The number of carboxylic acids is 1. The smallest absolute Gasteiger partial charge is 0.317 e. The van der Waals surface area contributed by atoms with Crippen molar-refractivity contribution in [1.29, 1.82) is 5.41 Å². The number of likely N-dealkylation sites (tertiary alicyclic amines) is 1. The number of nitrogens with one attached hydrogen (secondary N) is 2. The van der Waals surface area contributed by atoms with E-state index in [2.05, 4.69) is 22.9 Å². The van der Waals surface area contributed by atoms with E-state index in [1.807, 2.05) is 23.1 Å². The average Bonchev–Trinajstić information content (AvgIpc) is 3.32. The van der Waals surface area contributed by atoms with Crippen LogP contribution in [0.15, 0.2) is 24.3 Å². The molecule has 2 atom stereocenters. The van der Waals surface area contributed by atoms with Crippen molar-refractivity contribution in [2.24, 2.45) is 5.73 Å². The van der Waals surface area contributed by atoms with Crippen LogP contribution in [-0.2, 0) is 22.6 Å². The van der Waals surface area contributed by atoms with Gasteiger partial charge in [-0.1, -0.05) is 12.1 Å². The maximum absolute atomic E-state index is 12.8. The summed E-state index contributed by atoms with van der Waals surface area (Å²) in [5.74, 6) is -0.929. The van der Waals surface area contributed by atoms with Crippen molar-refractivity contribution >= 4 is 28.6 Å². The van der Waals surface area contributed by atoms with E-state index in [9.17, 15) is 9.59 Å². The first-order valence-electron chi connectivity index (χ1n) is 10.5. The van der Waals surface area contributed by atoms with Crippen LogP contribution in [-0.4, -0.2) is 57.5 Å². The van der Waals surface area contributed by atoms with Crippen molar-refractivity contribution in [3.63, 3.8) is 0 Å². The van der Waals surface area contributed by atoms with Crippen molar-refractivity contribution in [3.8, 4) is 0 Å². The zero-order chi connectivity index (χ0) is 21.8. The number of carbonyl (C=O) groups is 2. The van der Waals surface area contributed by atoms with Crippen LogP contribution in [0.1, 0.15) is 44.4 Å². The van der Waals surface area contributed by atoms with Crippen molar-refractivity contribution in [1.82, 2.24) is 14.8 Å². The number of aryl methyl sites for hydroxylation is 2. The lowest BCUT2D eigenvalue weighted by Gasteiger charge is -2.28. The molecule has 0 aliphatic carbocycles. The summed E-state index contributed by atoms with van der Waals surface area (Å²) in [6, 6.07) is 7.68. The fourth-order valence-electron chi connectivity index (χ4n) is 4.38. The van der Waals surface area contributed by atoms with E-state index in [-0.39, 0.29) is 24.3 Å². The summed E-state index contributed by atoms with van der Waals surface area (Å²) < 4.78 is 2.25. The molecule has 1 aromatic heterocycles. The molecule has 2 heterocycles. The van der Waals surface area contributed by atoms with Crippen molar-refractivity contribution in [2.45, 2.75) is 58.2 Å². The number of fused-ring (bicyclic) bond motifs is 1. The quantitative estimate of drug-likeness (QED) is 0.369. The van der Waals surface area contributed by atoms with Gasteiger partial charge in [0.1, 0.15) is 5.84 Å². The number of hydrogen-bond acceptors (Lipinski definition) is 4. The molecule has 1 fully saturated rings. The molecule has 162 valence electrons. The van der Waals surface area contributed by atoms with E-state index < -0.39 is 12.0 Å². The molecule has 0 bridgehead atoms. The van der Waals surface area contributed by atoms with Gasteiger partial charge in [-0.05, 0) is 57.0 Å². The second-order valence-corrected chi connectivity index (χ2v) is 7.93. The normalized spacial score (nSPS) is 17.4. The molecule has 0 spiro atoms. The van der Waals surface area contributed by atoms with Crippen LogP contribution >= 0.6 is 0 Å². The Kier molecular flexibility index (Phi) is 6.77. The Morgan fingerprint density at radius 2 is 2.13 bits per heavy atom. The number of rotatable bonds is 9. The number of nitrogen functional groups attached to an aromatic ring is 1. The largest absolute Gasteiger partial charge is 0.480 e. The fraction of sp³-hybridized carbons (Fsp3) is 0.500. The molecule has 2 aromatic rings. The Labute approximate surface area is 176 Å². The molecule has 1 aliphatic rings. The molecule has 1 amide bonds. The van der Waals surface area contributed by atoms with Gasteiger partial charge in [-0.3, -0.25) is 20.3 Å². The SMILES string of the molecule is CCn1c(CC[C@@H]2CCCN2C(=O)[C@@H](C)NCC(=O)O)cc2ccc(C(=N)N)cc21. The summed E-state index contributed by atoms with van der Waals surface area (Å²) in [5, 5.41) is 20.4. The minimum atomic E-state index is -0.965. The first kappa shape index (κ1) is 21.8. The molecule has 1 aromatic carbocycles. The Bertz CT molecular complexity index is 952. The third-order valence-electron chi connectivity index (χ3n) is 5.94. The molecule has 30 heavy (non-hydrogen) atoms. The summed E-state index contributed by atoms with van der Waals surface area (Å²) in [6.07, 6.45) is 3.66. The van der Waals surface area contributed by atoms with Gasteiger partial charge in [0.15, 0.2) is 0 Å². The standard InChI is InChI=1S/C22H31N5O3/c1-3-26-18(11-15-6-7-16(21(23)24)12-19(15)26)9-8-17-5-4-10-27(17)22(30)14(2)25-13-20(28)29/h6-7,11-12,14,17,25H,3-5,8-10,13H2,1-2H3,(H3,23,24)(H,28,29)/t14-,17+/m1/s1. The van der Waals surface area contributed by atoms with Gasteiger partial charge < -0.3 is 20.3 Å². The van der Waals surface area contributed by atoms with Gasteiger partial charge in [-0.2, -0.15) is 0 Å². The summed E-state index contributed by atoms with van der Waals surface area (Å²) >= 11 is 0. The van der Waals surface area contributed by atoms with Gasteiger partial charge in [0.25, 0.3) is 0 Å². The molecular formula is C22H31N5O3. The molecule has 0 unspecified atom stereocenters. The van der Waals surface area contributed by atoms with Crippen LogP contribution in [0.3, 0.4) is 0 Å². The van der Waals surface area contributed by atoms with E-state index in [4.69, 9.17) is 16.2 Å². The zero-order valence-corrected chi connectivity index (χ0v) is 17.6. The highest BCUT2D eigenvalue weighted by atomic mass is 16.4. The van der Waals surface area contributed by atoms with Crippen molar-refractivity contribution < 1.29 is 14.7 Å². The zero-order valence-electron chi connectivity index (χ0n) is 17.6. The maximum Gasteiger partial charge on any atom is 0.317 e. The van der Waals surface area contributed by atoms with E-state index in [1.54, 1.807) is 6.92 Å². The molecule has 0 saturated carbocycles. The number of carbonyl (C=O) groups excluding carboxylic acids is 1. The summed E-state index contributed by atoms with van der Waals surface area (Å²) in [5.41, 5.74) is 8.66. The van der Waals surface area contributed by atoms with Gasteiger partial charge in [0, 0.05) is 35.9 Å². The second kappa shape index (κ2) is 9.30. The highest BCUT2D eigenvalue weighted by Gasteiger charge is 2.31. The Balaban J connectivity index is 1.71. The fourth-order valence-corrected chi connectivity index (χ4v) is 4.38. The van der Waals surface area contributed by atoms with E-state index in [1.165, 1.54) is 5.69 Å². The lowest BCUT2D eigenvalue weighted by Crippen LogP contribution is -2.48. The number of aliphatic carboxylic acids is 1. The van der Waals surface area contributed by atoms with Crippen molar-refractivity contribution in [2.75, 3.05) is 13.1 Å². The Morgan fingerprint density at radius 3 is 2.80 bits per heavy atom. The van der Waals surface area contributed by atoms with E-state index in [0.717, 1.165) is 55.2 Å². The number of benzene rings is 1. The molecule has 1 aliphatic heterocycles. The lowest BCUT2D eigenvalue weighted by molar-refractivity contribution is -0.137. The van der Waals surface area contributed by atoms with Gasteiger partial charge in [0.05, 0.1) is 12.6 Å². The van der Waals surface area contributed by atoms with Crippen LogP contribution in [0.5, 0.6) is 0 Å². The van der Waals surface area contributed by atoms with Gasteiger partial charge in [-0.15, -0.1) is 0 Å². The van der Waals surface area contributed by atoms with Gasteiger partial charge in [0.2, 0.25) is 5.91 Å². The van der Waals surface area contributed by atoms with Crippen LogP contribution in [0.25, 0.3) is 10.9 Å². The summed E-state index contributed by atoms with van der Waals surface area (Å²) in [7, 11) is 0.